The highest BCUT2D eigenvalue weighted by Gasteiger charge is 2.24. The topological polar surface area (TPSA) is 106 Å². The van der Waals surface area contributed by atoms with Crippen LogP contribution in [0.25, 0.3) is 22.4 Å². The molecule has 0 bridgehead atoms. The van der Waals surface area contributed by atoms with E-state index in [1.54, 1.807) is 26.0 Å². The van der Waals surface area contributed by atoms with Crippen LogP contribution in [-0.4, -0.2) is 39.9 Å². The third kappa shape index (κ3) is 5.42. The zero-order chi connectivity index (χ0) is 25.3. The van der Waals surface area contributed by atoms with E-state index in [-0.39, 0.29) is 40.6 Å². The van der Waals surface area contributed by atoms with E-state index in [0.717, 1.165) is 12.8 Å². The average molecular weight is 479 g/mol. The van der Waals surface area contributed by atoms with Crippen molar-refractivity contribution in [2.75, 3.05) is 18.0 Å². The Hall–Kier alpha value is -3.54. The fourth-order valence-corrected chi connectivity index (χ4v) is 4.41. The summed E-state index contributed by atoms with van der Waals surface area (Å²) in [5, 5.41) is 30.3. The first-order valence-electron chi connectivity index (χ1n) is 11.5. The molecule has 0 radical (unpaired) electrons. The molecular weight excluding hydrogens is 450 g/mol. The Morgan fingerprint density at radius 1 is 1.11 bits per heavy atom. The number of pyridine rings is 1. The van der Waals surface area contributed by atoms with Crippen molar-refractivity contribution in [3.8, 4) is 34.2 Å². The lowest BCUT2D eigenvalue weighted by atomic mass is 9.93. The van der Waals surface area contributed by atoms with E-state index in [4.69, 9.17) is 16.0 Å². The summed E-state index contributed by atoms with van der Waals surface area (Å²) in [7, 11) is 0. The van der Waals surface area contributed by atoms with Crippen molar-refractivity contribution in [2.45, 2.75) is 44.8 Å². The number of benzene rings is 2. The Balaban J connectivity index is 1.87. The van der Waals surface area contributed by atoms with Gasteiger partial charge in [0.25, 0.3) is 0 Å². The number of aromatic hydroxyl groups is 1. The minimum absolute atomic E-state index is 0.0986. The summed E-state index contributed by atoms with van der Waals surface area (Å²) in [6.07, 6.45) is 1.78. The van der Waals surface area contributed by atoms with Crippen LogP contribution >= 0.6 is 0 Å². The van der Waals surface area contributed by atoms with Crippen molar-refractivity contribution >= 4 is 5.82 Å². The molecule has 1 fully saturated rings. The van der Waals surface area contributed by atoms with Gasteiger partial charge in [-0.3, -0.25) is 0 Å². The number of aliphatic hydroxyl groups is 1. The Labute approximate surface area is 203 Å². The molecule has 8 heteroatoms. The molecule has 1 aliphatic rings. The number of nitriles is 1. The molecule has 0 aliphatic carbocycles. The summed E-state index contributed by atoms with van der Waals surface area (Å²) in [6.45, 7) is 4.57. The third-order valence-electron chi connectivity index (χ3n) is 6.15. The smallest absolute Gasteiger partial charge is 0.141 e. The van der Waals surface area contributed by atoms with E-state index >= 15 is 4.39 Å². The Kier molecular flexibility index (Phi) is 6.75. The van der Waals surface area contributed by atoms with Crippen LogP contribution in [0, 0.1) is 23.0 Å². The highest BCUT2D eigenvalue weighted by atomic mass is 19.1. The molecule has 6 nitrogen and oxygen atoms in total. The van der Waals surface area contributed by atoms with E-state index in [9.17, 15) is 14.6 Å². The maximum absolute atomic E-state index is 15.3. The van der Waals surface area contributed by atoms with Gasteiger partial charge in [0.1, 0.15) is 29.3 Å². The molecule has 182 valence electrons. The van der Waals surface area contributed by atoms with Gasteiger partial charge in [-0.2, -0.15) is 5.26 Å². The second kappa shape index (κ2) is 9.61. The van der Waals surface area contributed by atoms with Crippen LogP contribution in [0.2, 0.25) is 0 Å². The zero-order valence-corrected chi connectivity index (χ0v) is 19.7. The fourth-order valence-electron chi connectivity index (χ4n) is 4.41. The van der Waals surface area contributed by atoms with Crippen molar-refractivity contribution in [1.82, 2.24) is 4.98 Å². The van der Waals surface area contributed by atoms with Crippen LogP contribution < -0.4 is 10.6 Å². The maximum atomic E-state index is 15.3. The van der Waals surface area contributed by atoms with Crippen molar-refractivity contribution in [2.24, 2.45) is 5.73 Å². The molecule has 2 heterocycles. The Bertz CT molecular complexity index is 1290. The molecule has 1 saturated heterocycles. The highest BCUT2D eigenvalue weighted by molar-refractivity contribution is 5.87. The lowest BCUT2D eigenvalue weighted by Crippen LogP contribution is -2.40. The van der Waals surface area contributed by atoms with E-state index in [1.165, 1.54) is 36.4 Å². The van der Waals surface area contributed by atoms with E-state index in [0.29, 0.717) is 30.0 Å². The number of rotatable bonds is 5. The van der Waals surface area contributed by atoms with Gasteiger partial charge < -0.3 is 20.8 Å². The predicted molar refractivity (Wildman–Crippen MR) is 131 cm³/mol. The molecule has 1 aromatic heterocycles. The molecular formula is C27H28F2N4O2. The van der Waals surface area contributed by atoms with Gasteiger partial charge in [0, 0.05) is 42.7 Å². The standard InChI is InChI=1S/C27H28F2N4O2/c1-27(2,35)14-16-3-6-20(22(29)11-16)25-23(34)13-24(33-9-7-19(31)8-10-33)32-26(25)17-4-5-18(15-30)21(28)12-17/h3-6,11-13,19,35H,7-10,14,31H2,1-2H3,(H,32,34). The SMILES string of the molecule is CC(C)(O)Cc1ccc(-c2c(O)cc(N3CCC(N)CC3)nc2-c2ccc(C#N)c(F)c2)c(F)c1. The van der Waals surface area contributed by atoms with Gasteiger partial charge in [-0.15, -0.1) is 0 Å². The molecule has 0 saturated carbocycles. The molecule has 3 aromatic rings. The summed E-state index contributed by atoms with van der Waals surface area (Å²) in [5.74, 6) is -1.04. The van der Waals surface area contributed by atoms with Crippen LogP contribution in [0.5, 0.6) is 5.75 Å². The number of nitrogens with zero attached hydrogens (tertiary/aromatic N) is 3. The number of halogens is 2. The Morgan fingerprint density at radius 2 is 1.83 bits per heavy atom. The quantitative estimate of drug-likeness (QED) is 0.498. The van der Waals surface area contributed by atoms with Gasteiger partial charge in [-0.1, -0.05) is 18.2 Å². The summed E-state index contributed by atoms with van der Waals surface area (Å²) < 4.78 is 29.8. The monoisotopic (exact) mass is 478 g/mol. The second-order valence-corrected chi connectivity index (χ2v) is 9.66. The number of hydrogen-bond donors (Lipinski definition) is 3. The normalized spacial score (nSPS) is 14.7. The summed E-state index contributed by atoms with van der Waals surface area (Å²) >= 11 is 0. The molecule has 0 unspecified atom stereocenters. The van der Waals surface area contributed by atoms with E-state index < -0.39 is 17.2 Å². The van der Waals surface area contributed by atoms with Gasteiger partial charge in [-0.05, 0) is 50.5 Å². The van der Waals surface area contributed by atoms with E-state index in [1.807, 2.05) is 4.90 Å². The van der Waals surface area contributed by atoms with Crippen LogP contribution in [0.4, 0.5) is 14.6 Å². The number of aromatic nitrogens is 1. The summed E-state index contributed by atoms with van der Waals surface area (Å²) in [5.41, 5.74) is 6.21. The summed E-state index contributed by atoms with van der Waals surface area (Å²) in [4.78, 5) is 6.70. The first kappa shape index (κ1) is 24.6. The van der Waals surface area contributed by atoms with Crippen molar-refractivity contribution < 1.29 is 19.0 Å². The first-order valence-corrected chi connectivity index (χ1v) is 11.5. The van der Waals surface area contributed by atoms with Gasteiger partial charge in [-0.25, -0.2) is 13.8 Å². The van der Waals surface area contributed by atoms with Crippen LogP contribution in [0.3, 0.4) is 0 Å². The van der Waals surface area contributed by atoms with Crippen molar-refractivity contribution in [1.29, 1.82) is 5.26 Å². The van der Waals surface area contributed by atoms with Gasteiger partial charge >= 0.3 is 0 Å². The maximum Gasteiger partial charge on any atom is 0.141 e. The molecule has 1 aliphatic heterocycles. The first-order chi connectivity index (χ1) is 16.6. The molecule has 0 atom stereocenters. The highest BCUT2D eigenvalue weighted by Crippen LogP contribution is 2.41. The third-order valence-corrected chi connectivity index (χ3v) is 6.15. The number of piperidine rings is 1. The average Bonchev–Trinajstić information content (AvgIpc) is 2.78. The largest absolute Gasteiger partial charge is 0.507 e. The summed E-state index contributed by atoms with van der Waals surface area (Å²) in [6, 6.07) is 11.9. The Morgan fingerprint density at radius 3 is 2.43 bits per heavy atom. The van der Waals surface area contributed by atoms with Crippen molar-refractivity contribution in [3.63, 3.8) is 0 Å². The van der Waals surface area contributed by atoms with Crippen LogP contribution in [0.1, 0.15) is 37.8 Å². The number of hydrogen-bond acceptors (Lipinski definition) is 6. The molecule has 0 amide bonds. The molecule has 4 rings (SSSR count). The van der Waals surface area contributed by atoms with Crippen LogP contribution in [0.15, 0.2) is 42.5 Å². The molecule has 2 aromatic carbocycles. The number of nitrogens with two attached hydrogens (primary N) is 1. The van der Waals surface area contributed by atoms with Crippen molar-refractivity contribution in [3.05, 3.63) is 65.2 Å². The van der Waals surface area contributed by atoms with Gasteiger partial charge in [0.15, 0.2) is 0 Å². The second-order valence-electron chi connectivity index (χ2n) is 9.66. The zero-order valence-electron chi connectivity index (χ0n) is 19.7. The molecule has 35 heavy (non-hydrogen) atoms. The van der Waals surface area contributed by atoms with Gasteiger partial charge in [0.05, 0.1) is 22.4 Å². The van der Waals surface area contributed by atoms with Gasteiger partial charge in [0.2, 0.25) is 0 Å². The molecule has 0 spiro atoms. The van der Waals surface area contributed by atoms with Crippen LogP contribution in [-0.2, 0) is 6.42 Å². The van der Waals surface area contributed by atoms with E-state index in [2.05, 4.69) is 0 Å². The lowest BCUT2D eigenvalue weighted by Gasteiger charge is -2.31. The lowest BCUT2D eigenvalue weighted by molar-refractivity contribution is 0.0809. The fraction of sp³-hybridized carbons (Fsp3) is 0.333. The number of anilines is 1. The molecule has 4 N–H and O–H groups in total. The minimum Gasteiger partial charge on any atom is -0.507 e. The predicted octanol–water partition coefficient (Wildman–Crippen LogP) is 4.51. The minimum atomic E-state index is -1.01.